The van der Waals surface area contributed by atoms with Gasteiger partial charge in [0.05, 0.1) is 18.8 Å². The van der Waals surface area contributed by atoms with Gasteiger partial charge < -0.3 is 20.1 Å². The third-order valence-electron chi connectivity index (χ3n) is 2.87. The van der Waals surface area contributed by atoms with Gasteiger partial charge in [-0.3, -0.25) is 9.59 Å². The summed E-state index contributed by atoms with van der Waals surface area (Å²) in [5.41, 5.74) is 0.190. The average Bonchev–Trinajstić information content (AvgIpc) is 2.52. The molecule has 0 saturated heterocycles. The number of hydrogen-bond acceptors (Lipinski definition) is 4. The maximum Gasteiger partial charge on any atom is 0.254 e. The molecule has 0 aliphatic carbocycles. The molecule has 0 aromatic heterocycles. The summed E-state index contributed by atoms with van der Waals surface area (Å²) in [5, 5.41) is 4.91. The van der Waals surface area contributed by atoms with E-state index in [1.165, 1.54) is 19.2 Å². The lowest BCUT2D eigenvalue weighted by Gasteiger charge is -2.14. The summed E-state index contributed by atoms with van der Waals surface area (Å²) < 4.78 is 23.9. The number of amides is 2. The highest BCUT2D eigenvalue weighted by atomic mass is 19.1. The van der Waals surface area contributed by atoms with Gasteiger partial charge in [-0.2, -0.15) is 0 Å². The molecule has 1 aromatic carbocycles. The Hall–Kier alpha value is -1.99. The Balaban J connectivity index is 2.62. The van der Waals surface area contributed by atoms with Crippen LogP contribution in [0.25, 0.3) is 0 Å². The SMILES string of the molecule is CCOCCOC(C)C(=O)Nc1ccc(F)c(C(=O)NC)c1. The molecule has 0 radical (unpaired) electrons. The number of ether oxygens (including phenoxy) is 2. The lowest BCUT2D eigenvalue weighted by molar-refractivity contribution is -0.127. The van der Waals surface area contributed by atoms with Crippen LogP contribution in [0.1, 0.15) is 24.2 Å². The highest BCUT2D eigenvalue weighted by molar-refractivity contribution is 5.98. The van der Waals surface area contributed by atoms with Crippen LogP contribution in [0.15, 0.2) is 18.2 Å². The molecular formula is C15H21FN2O4. The van der Waals surface area contributed by atoms with Crippen LogP contribution in [0.4, 0.5) is 10.1 Å². The van der Waals surface area contributed by atoms with E-state index in [9.17, 15) is 14.0 Å². The summed E-state index contributed by atoms with van der Waals surface area (Å²) in [6.07, 6.45) is -0.686. The second kappa shape index (κ2) is 9.11. The summed E-state index contributed by atoms with van der Waals surface area (Å²) in [7, 11) is 1.40. The van der Waals surface area contributed by atoms with E-state index in [2.05, 4.69) is 10.6 Å². The first-order valence-corrected chi connectivity index (χ1v) is 7.01. The van der Waals surface area contributed by atoms with Crippen molar-refractivity contribution in [3.63, 3.8) is 0 Å². The third-order valence-corrected chi connectivity index (χ3v) is 2.87. The van der Waals surface area contributed by atoms with E-state index in [0.717, 1.165) is 6.07 Å². The molecule has 0 heterocycles. The average molecular weight is 312 g/mol. The molecule has 1 atom stereocenters. The van der Waals surface area contributed by atoms with Crippen molar-refractivity contribution in [1.82, 2.24) is 5.32 Å². The number of carbonyl (C=O) groups excluding carboxylic acids is 2. The lowest BCUT2D eigenvalue weighted by atomic mass is 10.1. The van der Waals surface area contributed by atoms with Crippen molar-refractivity contribution >= 4 is 17.5 Å². The molecule has 7 heteroatoms. The summed E-state index contributed by atoms with van der Waals surface area (Å²) >= 11 is 0. The number of nitrogens with one attached hydrogen (secondary N) is 2. The van der Waals surface area contributed by atoms with E-state index in [1.54, 1.807) is 6.92 Å². The summed E-state index contributed by atoms with van der Waals surface area (Å²) in [5.74, 6) is -1.60. The third kappa shape index (κ3) is 5.42. The largest absolute Gasteiger partial charge is 0.379 e. The Bertz CT molecular complexity index is 522. The first kappa shape index (κ1) is 18.1. The quantitative estimate of drug-likeness (QED) is 0.714. The molecule has 0 saturated carbocycles. The van der Waals surface area contributed by atoms with Gasteiger partial charge in [-0.05, 0) is 32.0 Å². The van der Waals surface area contributed by atoms with Crippen molar-refractivity contribution in [1.29, 1.82) is 0 Å². The first-order valence-electron chi connectivity index (χ1n) is 7.01. The molecule has 1 unspecified atom stereocenters. The van der Waals surface area contributed by atoms with Gasteiger partial charge in [0.25, 0.3) is 11.8 Å². The standard InChI is InChI=1S/C15H21FN2O4/c1-4-21-7-8-22-10(2)14(19)18-11-5-6-13(16)12(9-11)15(20)17-3/h5-6,9-10H,4,7-8H2,1-3H3,(H,17,20)(H,18,19). The van der Waals surface area contributed by atoms with Crippen LogP contribution in [0.2, 0.25) is 0 Å². The summed E-state index contributed by atoms with van der Waals surface area (Å²) in [6.45, 7) is 4.77. The molecule has 2 N–H and O–H groups in total. The molecule has 1 rings (SSSR count). The van der Waals surface area contributed by atoms with E-state index in [0.29, 0.717) is 25.5 Å². The van der Waals surface area contributed by atoms with E-state index < -0.39 is 17.8 Å². The molecular weight excluding hydrogens is 291 g/mol. The van der Waals surface area contributed by atoms with E-state index >= 15 is 0 Å². The Morgan fingerprint density at radius 2 is 2.05 bits per heavy atom. The normalized spacial score (nSPS) is 11.8. The van der Waals surface area contributed by atoms with Crippen molar-refractivity contribution in [2.75, 3.05) is 32.2 Å². The zero-order valence-corrected chi connectivity index (χ0v) is 12.9. The summed E-state index contributed by atoms with van der Waals surface area (Å²) in [4.78, 5) is 23.4. The maximum absolute atomic E-state index is 13.5. The molecule has 0 aliphatic heterocycles. The Morgan fingerprint density at radius 3 is 2.68 bits per heavy atom. The van der Waals surface area contributed by atoms with Crippen LogP contribution < -0.4 is 10.6 Å². The van der Waals surface area contributed by atoms with Crippen LogP contribution in [0.5, 0.6) is 0 Å². The number of anilines is 1. The van der Waals surface area contributed by atoms with Crippen LogP contribution in [-0.4, -0.2) is 44.8 Å². The zero-order valence-electron chi connectivity index (χ0n) is 12.9. The Kier molecular flexibility index (Phi) is 7.48. The van der Waals surface area contributed by atoms with Gasteiger partial charge in [-0.1, -0.05) is 0 Å². The minimum absolute atomic E-state index is 0.134. The topological polar surface area (TPSA) is 76.7 Å². The highest BCUT2D eigenvalue weighted by Gasteiger charge is 2.16. The van der Waals surface area contributed by atoms with Gasteiger partial charge >= 0.3 is 0 Å². The number of carbonyl (C=O) groups is 2. The monoisotopic (exact) mass is 312 g/mol. The van der Waals surface area contributed by atoms with E-state index in [1.807, 2.05) is 6.92 Å². The molecule has 22 heavy (non-hydrogen) atoms. The molecule has 6 nitrogen and oxygen atoms in total. The van der Waals surface area contributed by atoms with Crippen molar-refractivity contribution in [3.8, 4) is 0 Å². The van der Waals surface area contributed by atoms with Gasteiger partial charge in [-0.25, -0.2) is 4.39 Å². The molecule has 0 bridgehead atoms. The number of rotatable bonds is 8. The van der Waals surface area contributed by atoms with Crippen LogP contribution >= 0.6 is 0 Å². The second-order valence-electron chi connectivity index (χ2n) is 4.47. The van der Waals surface area contributed by atoms with Crippen molar-refractivity contribution in [2.45, 2.75) is 20.0 Å². The van der Waals surface area contributed by atoms with Crippen molar-refractivity contribution < 1.29 is 23.5 Å². The van der Waals surface area contributed by atoms with Gasteiger partial charge in [0, 0.05) is 19.3 Å². The lowest BCUT2D eigenvalue weighted by Crippen LogP contribution is -2.29. The molecule has 0 spiro atoms. The van der Waals surface area contributed by atoms with Gasteiger partial charge in [0.1, 0.15) is 11.9 Å². The van der Waals surface area contributed by atoms with E-state index in [4.69, 9.17) is 9.47 Å². The fraction of sp³-hybridized carbons (Fsp3) is 0.467. The Morgan fingerprint density at radius 1 is 1.32 bits per heavy atom. The summed E-state index contributed by atoms with van der Waals surface area (Å²) in [6, 6.07) is 3.78. The smallest absolute Gasteiger partial charge is 0.254 e. The van der Waals surface area contributed by atoms with Gasteiger partial charge in [0.15, 0.2) is 0 Å². The maximum atomic E-state index is 13.5. The minimum atomic E-state index is -0.686. The zero-order chi connectivity index (χ0) is 16.5. The number of benzene rings is 1. The van der Waals surface area contributed by atoms with Crippen LogP contribution in [0.3, 0.4) is 0 Å². The van der Waals surface area contributed by atoms with Gasteiger partial charge in [-0.15, -0.1) is 0 Å². The minimum Gasteiger partial charge on any atom is -0.379 e. The fourth-order valence-electron chi connectivity index (χ4n) is 1.66. The molecule has 1 aromatic rings. The molecule has 0 fully saturated rings. The predicted octanol–water partition coefficient (Wildman–Crippen LogP) is 1.57. The van der Waals surface area contributed by atoms with Crippen molar-refractivity contribution in [2.24, 2.45) is 0 Å². The first-order chi connectivity index (χ1) is 10.5. The van der Waals surface area contributed by atoms with Gasteiger partial charge in [0.2, 0.25) is 0 Å². The van der Waals surface area contributed by atoms with Crippen LogP contribution in [0, 0.1) is 5.82 Å². The number of halogens is 1. The van der Waals surface area contributed by atoms with E-state index in [-0.39, 0.29) is 11.5 Å². The fourth-order valence-corrected chi connectivity index (χ4v) is 1.66. The second-order valence-corrected chi connectivity index (χ2v) is 4.47. The van der Waals surface area contributed by atoms with Crippen molar-refractivity contribution in [3.05, 3.63) is 29.6 Å². The predicted molar refractivity (Wildman–Crippen MR) is 80.3 cm³/mol. The highest BCUT2D eigenvalue weighted by Crippen LogP contribution is 2.15. The molecule has 0 aliphatic rings. The Labute approximate surface area is 129 Å². The van der Waals surface area contributed by atoms with Crippen LogP contribution in [-0.2, 0) is 14.3 Å². The molecule has 2 amide bonds. The molecule has 122 valence electrons. The number of hydrogen-bond donors (Lipinski definition) is 2.